The largest absolute Gasteiger partial charge is 0.481 e. The van der Waals surface area contributed by atoms with Gasteiger partial charge < -0.3 is 15.3 Å². The van der Waals surface area contributed by atoms with Gasteiger partial charge in [0.05, 0.1) is 6.42 Å². The van der Waals surface area contributed by atoms with Crippen LogP contribution in [0.4, 0.5) is 5.69 Å². The Bertz CT molecular complexity index is 416. The average Bonchev–Trinajstić information content (AvgIpc) is 2.32. The van der Waals surface area contributed by atoms with E-state index >= 15 is 0 Å². The Morgan fingerprint density at radius 2 is 2.11 bits per heavy atom. The van der Waals surface area contributed by atoms with E-state index in [0.717, 1.165) is 13.1 Å². The minimum atomic E-state index is -0.745. The van der Waals surface area contributed by atoms with Crippen molar-refractivity contribution in [2.45, 2.75) is 32.4 Å². The van der Waals surface area contributed by atoms with Crippen molar-refractivity contribution >= 4 is 11.7 Å². The van der Waals surface area contributed by atoms with Crippen molar-refractivity contribution in [1.82, 2.24) is 5.32 Å². The van der Waals surface area contributed by atoms with Crippen LogP contribution in [0.3, 0.4) is 0 Å². The molecule has 1 heterocycles. The third-order valence-electron chi connectivity index (χ3n) is 3.44. The zero-order chi connectivity index (χ0) is 13.1. The van der Waals surface area contributed by atoms with E-state index < -0.39 is 5.97 Å². The second-order valence-corrected chi connectivity index (χ2v) is 5.04. The predicted molar refractivity (Wildman–Crippen MR) is 72.0 cm³/mol. The highest BCUT2D eigenvalue weighted by molar-refractivity contribution is 5.67. The third kappa shape index (κ3) is 3.01. The molecule has 1 saturated heterocycles. The standard InChI is InChI=1S/C14H20N2O2/c1-10-3-5-13(6-4-10)16-9-12(7-14(17)18)15-8-11(16)2/h3-6,11-12,15H,7-9H2,1-2H3,(H,17,18). The molecule has 2 atom stereocenters. The molecule has 2 N–H and O–H groups in total. The molecule has 1 fully saturated rings. The zero-order valence-electron chi connectivity index (χ0n) is 10.9. The van der Waals surface area contributed by atoms with Gasteiger partial charge in [-0.3, -0.25) is 4.79 Å². The SMILES string of the molecule is Cc1ccc(N2CC(CC(=O)O)NCC2C)cc1. The van der Waals surface area contributed by atoms with Gasteiger partial charge in [0.1, 0.15) is 0 Å². The van der Waals surface area contributed by atoms with Crippen molar-refractivity contribution in [2.75, 3.05) is 18.0 Å². The number of benzene rings is 1. The maximum absolute atomic E-state index is 10.8. The fourth-order valence-corrected chi connectivity index (χ4v) is 2.37. The van der Waals surface area contributed by atoms with Crippen molar-refractivity contribution in [3.8, 4) is 0 Å². The molecule has 2 unspecified atom stereocenters. The van der Waals surface area contributed by atoms with E-state index in [1.54, 1.807) is 0 Å². The summed E-state index contributed by atoms with van der Waals surface area (Å²) in [5.41, 5.74) is 2.41. The number of nitrogens with zero attached hydrogens (tertiary/aromatic N) is 1. The molecule has 0 aliphatic carbocycles. The summed E-state index contributed by atoms with van der Waals surface area (Å²) < 4.78 is 0. The molecule has 1 aliphatic heterocycles. The van der Waals surface area contributed by atoms with Crippen LogP contribution in [0.15, 0.2) is 24.3 Å². The van der Waals surface area contributed by atoms with Crippen LogP contribution in [0.1, 0.15) is 18.9 Å². The second kappa shape index (κ2) is 5.40. The number of carboxylic acids is 1. The van der Waals surface area contributed by atoms with Crippen LogP contribution in [0.25, 0.3) is 0 Å². The van der Waals surface area contributed by atoms with Crippen LogP contribution >= 0.6 is 0 Å². The van der Waals surface area contributed by atoms with E-state index in [1.807, 2.05) is 0 Å². The molecular weight excluding hydrogens is 228 g/mol. The van der Waals surface area contributed by atoms with Crippen LogP contribution in [0.2, 0.25) is 0 Å². The van der Waals surface area contributed by atoms with Crippen molar-refractivity contribution in [2.24, 2.45) is 0 Å². The molecule has 2 rings (SSSR count). The number of piperazine rings is 1. The van der Waals surface area contributed by atoms with Gasteiger partial charge >= 0.3 is 5.97 Å². The summed E-state index contributed by atoms with van der Waals surface area (Å²) in [5, 5.41) is 12.2. The minimum Gasteiger partial charge on any atom is -0.481 e. The second-order valence-electron chi connectivity index (χ2n) is 5.04. The third-order valence-corrected chi connectivity index (χ3v) is 3.44. The lowest BCUT2D eigenvalue weighted by Gasteiger charge is -2.40. The smallest absolute Gasteiger partial charge is 0.304 e. The maximum atomic E-state index is 10.8. The molecule has 1 aromatic carbocycles. The summed E-state index contributed by atoms with van der Waals surface area (Å²) >= 11 is 0. The highest BCUT2D eigenvalue weighted by atomic mass is 16.4. The Morgan fingerprint density at radius 1 is 1.44 bits per heavy atom. The fraction of sp³-hybridized carbons (Fsp3) is 0.500. The number of anilines is 1. The molecule has 4 nitrogen and oxygen atoms in total. The lowest BCUT2D eigenvalue weighted by Crippen LogP contribution is -2.56. The zero-order valence-corrected chi connectivity index (χ0v) is 10.9. The van der Waals surface area contributed by atoms with Gasteiger partial charge in [-0.15, -0.1) is 0 Å². The fourth-order valence-electron chi connectivity index (χ4n) is 2.37. The van der Waals surface area contributed by atoms with Crippen LogP contribution < -0.4 is 10.2 Å². The van der Waals surface area contributed by atoms with Gasteiger partial charge in [0.25, 0.3) is 0 Å². The van der Waals surface area contributed by atoms with Gasteiger partial charge in [0.15, 0.2) is 0 Å². The van der Waals surface area contributed by atoms with Crippen molar-refractivity contribution < 1.29 is 9.90 Å². The van der Waals surface area contributed by atoms with Crippen LogP contribution in [0, 0.1) is 6.92 Å². The minimum absolute atomic E-state index is 0.0278. The molecular formula is C14H20N2O2. The number of aliphatic carboxylic acids is 1. The first-order valence-electron chi connectivity index (χ1n) is 6.35. The van der Waals surface area contributed by atoms with E-state index in [9.17, 15) is 4.79 Å². The Labute approximate surface area is 108 Å². The molecule has 0 saturated carbocycles. The van der Waals surface area contributed by atoms with E-state index in [4.69, 9.17) is 5.11 Å². The molecule has 0 spiro atoms. The molecule has 4 heteroatoms. The lowest BCUT2D eigenvalue weighted by molar-refractivity contribution is -0.137. The number of nitrogens with one attached hydrogen (secondary N) is 1. The van der Waals surface area contributed by atoms with Gasteiger partial charge in [-0.1, -0.05) is 17.7 Å². The summed E-state index contributed by atoms with van der Waals surface area (Å²) in [5.74, 6) is -0.745. The summed E-state index contributed by atoms with van der Waals surface area (Å²) in [6.07, 6.45) is 0.176. The summed E-state index contributed by atoms with van der Waals surface area (Å²) in [7, 11) is 0. The number of hydrogen-bond acceptors (Lipinski definition) is 3. The first-order chi connectivity index (χ1) is 8.56. The molecule has 0 amide bonds. The molecule has 0 radical (unpaired) electrons. The molecule has 1 aliphatic rings. The molecule has 18 heavy (non-hydrogen) atoms. The lowest BCUT2D eigenvalue weighted by atomic mass is 10.1. The number of rotatable bonds is 3. The Hall–Kier alpha value is -1.55. The highest BCUT2D eigenvalue weighted by Crippen LogP contribution is 2.20. The van der Waals surface area contributed by atoms with Crippen molar-refractivity contribution in [1.29, 1.82) is 0 Å². The number of aryl methyl sites for hydroxylation is 1. The van der Waals surface area contributed by atoms with E-state index in [2.05, 4.69) is 48.3 Å². The van der Waals surface area contributed by atoms with E-state index in [-0.39, 0.29) is 12.5 Å². The van der Waals surface area contributed by atoms with Gasteiger partial charge in [-0.05, 0) is 26.0 Å². The maximum Gasteiger partial charge on any atom is 0.304 e. The topological polar surface area (TPSA) is 52.6 Å². The Balaban J connectivity index is 2.09. The molecule has 0 aromatic heterocycles. The van der Waals surface area contributed by atoms with E-state index in [1.165, 1.54) is 11.3 Å². The Morgan fingerprint density at radius 3 is 2.72 bits per heavy atom. The van der Waals surface area contributed by atoms with Crippen LogP contribution in [-0.2, 0) is 4.79 Å². The van der Waals surface area contributed by atoms with E-state index in [0.29, 0.717) is 6.04 Å². The first kappa shape index (κ1) is 12.9. The van der Waals surface area contributed by atoms with Crippen LogP contribution in [0.5, 0.6) is 0 Å². The van der Waals surface area contributed by atoms with Gasteiger partial charge in [-0.2, -0.15) is 0 Å². The normalized spacial score (nSPS) is 24.0. The summed E-state index contributed by atoms with van der Waals surface area (Å²) in [6, 6.07) is 8.81. The van der Waals surface area contributed by atoms with Gasteiger partial charge in [-0.25, -0.2) is 0 Å². The number of carboxylic acid groups (broad SMARTS) is 1. The number of carbonyl (C=O) groups is 1. The predicted octanol–water partition coefficient (Wildman–Crippen LogP) is 1.64. The Kier molecular flexibility index (Phi) is 3.87. The monoisotopic (exact) mass is 248 g/mol. The van der Waals surface area contributed by atoms with Crippen molar-refractivity contribution in [3.63, 3.8) is 0 Å². The quantitative estimate of drug-likeness (QED) is 0.854. The van der Waals surface area contributed by atoms with Gasteiger partial charge in [0, 0.05) is 30.9 Å². The average molecular weight is 248 g/mol. The van der Waals surface area contributed by atoms with Gasteiger partial charge in [0.2, 0.25) is 0 Å². The van der Waals surface area contributed by atoms with Crippen molar-refractivity contribution in [3.05, 3.63) is 29.8 Å². The molecule has 98 valence electrons. The molecule has 0 bridgehead atoms. The first-order valence-corrected chi connectivity index (χ1v) is 6.35. The summed E-state index contributed by atoms with van der Waals surface area (Å²) in [6.45, 7) is 5.80. The molecule has 1 aromatic rings. The highest BCUT2D eigenvalue weighted by Gasteiger charge is 2.26. The summed E-state index contributed by atoms with van der Waals surface area (Å²) in [4.78, 5) is 13.1. The van der Waals surface area contributed by atoms with Crippen LogP contribution in [-0.4, -0.2) is 36.2 Å². The number of hydrogen-bond donors (Lipinski definition) is 2.